The van der Waals surface area contributed by atoms with Gasteiger partial charge < -0.3 is 4.42 Å². The Labute approximate surface area is 87.9 Å². The number of nitrogens with zero attached hydrogens (tertiary/aromatic N) is 2. The summed E-state index contributed by atoms with van der Waals surface area (Å²) in [5, 5.41) is 10.7. The molecule has 2 rings (SSSR count). The molecule has 0 aliphatic heterocycles. The van der Waals surface area contributed by atoms with Crippen molar-refractivity contribution in [1.82, 2.24) is 10.2 Å². The van der Waals surface area contributed by atoms with Crippen molar-refractivity contribution in [2.75, 3.05) is 5.33 Å². The van der Waals surface area contributed by atoms with Gasteiger partial charge in [-0.15, -0.1) is 21.5 Å². The molecule has 0 fully saturated rings. The van der Waals surface area contributed by atoms with Crippen LogP contribution in [0.2, 0.25) is 0 Å². The zero-order valence-electron chi connectivity index (χ0n) is 6.74. The fourth-order valence-electron chi connectivity index (χ4n) is 0.935. The number of thiophene rings is 1. The molecule has 0 amide bonds. The van der Waals surface area contributed by atoms with E-state index in [1.165, 1.54) is 0 Å². The molecule has 0 saturated carbocycles. The van der Waals surface area contributed by atoms with Crippen LogP contribution in [-0.2, 0) is 6.42 Å². The highest BCUT2D eigenvalue weighted by atomic mass is 79.9. The van der Waals surface area contributed by atoms with Gasteiger partial charge in [-0.2, -0.15) is 0 Å². The molecule has 13 heavy (non-hydrogen) atoms. The monoisotopic (exact) mass is 258 g/mol. The summed E-state index contributed by atoms with van der Waals surface area (Å²) < 4.78 is 5.43. The van der Waals surface area contributed by atoms with E-state index in [1.54, 1.807) is 11.3 Å². The molecule has 0 saturated heterocycles. The molecule has 0 spiro atoms. The number of aromatic nitrogens is 2. The SMILES string of the molecule is BrCCc1nnc(-c2cccs2)o1. The number of aryl methyl sites for hydroxylation is 1. The number of hydrogen-bond donors (Lipinski definition) is 0. The number of rotatable bonds is 3. The lowest BCUT2D eigenvalue weighted by molar-refractivity contribution is 0.515. The molecule has 5 heteroatoms. The minimum Gasteiger partial charge on any atom is -0.420 e. The molecule has 0 unspecified atom stereocenters. The van der Waals surface area contributed by atoms with E-state index in [1.807, 2.05) is 17.5 Å². The van der Waals surface area contributed by atoms with Crippen LogP contribution in [0.15, 0.2) is 21.9 Å². The van der Waals surface area contributed by atoms with E-state index in [0.29, 0.717) is 11.8 Å². The number of alkyl halides is 1. The van der Waals surface area contributed by atoms with Crippen LogP contribution in [0.4, 0.5) is 0 Å². The van der Waals surface area contributed by atoms with Gasteiger partial charge in [0.1, 0.15) is 0 Å². The Balaban J connectivity index is 2.23. The Hall–Kier alpha value is -0.680. The van der Waals surface area contributed by atoms with Crippen molar-refractivity contribution in [2.24, 2.45) is 0 Å². The lowest BCUT2D eigenvalue weighted by atomic mass is 10.5. The van der Waals surface area contributed by atoms with Crippen LogP contribution in [0.3, 0.4) is 0 Å². The summed E-state index contributed by atoms with van der Waals surface area (Å²) in [6.07, 6.45) is 0.776. The van der Waals surface area contributed by atoms with E-state index >= 15 is 0 Å². The van der Waals surface area contributed by atoms with Gasteiger partial charge in [-0.3, -0.25) is 0 Å². The maximum atomic E-state index is 5.43. The predicted molar refractivity (Wildman–Crippen MR) is 55.1 cm³/mol. The van der Waals surface area contributed by atoms with E-state index in [9.17, 15) is 0 Å². The molecule has 0 N–H and O–H groups in total. The average molecular weight is 259 g/mol. The normalized spacial score (nSPS) is 10.5. The van der Waals surface area contributed by atoms with Gasteiger partial charge in [-0.1, -0.05) is 22.0 Å². The van der Waals surface area contributed by atoms with Gasteiger partial charge >= 0.3 is 0 Å². The van der Waals surface area contributed by atoms with E-state index in [2.05, 4.69) is 26.1 Å². The zero-order valence-corrected chi connectivity index (χ0v) is 9.14. The molecule has 2 aromatic heterocycles. The summed E-state index contributed by atoms with van der Waals surface area (Å²) >= 11 is 4.92. The molecule has 0 aliphatic rings. The van der Waals surface area contributed by atoms with Crippen molar-refractivity contribution in [2.45, 2.75) is 6.42 Å². The van der Waals surface area contributed by atoms with Gasteiger partial charge in [-0.25, -0.2) is 0 Å². The molecule has 2 aromatic rings. The Bertz CT molecular complexity index is 371. The topological polar surface area (TPSA) is 38.9 Å². The van der Waals surface area contributed by atoms with Crippen molar-refractivity contribution >= 4 is 27.3 Å². The van der Waals surface area contributed by atoms with Crippen molar-refractivity contribution < 1.29 is 4.42 Å². The smallest absolute Gasteiger partial charge is 0.257 e. The maximum absolute atomic E-state index is 5.43. The van der Waals surface area contributed by atoms with Crippen molar-refractivity contribution in [3.63, 3.8) is 0 Å². The average Bonchev–Trinajstić information content (AvgIpc) is 2.70. The van der Waals surface area contributed by atoms with Gasteiger partial charge in [0.25, 0.3) is 5.89 Å². The van der Waals surface area contributed by atoms with Gasteiger partial charge in [-0.05, 0) is 11.4 Å². The van der Waals surface area contributed by atoms with Crippen LogP contribution >= 0.6 is 27.3 Å². The molecule has 0 radical (unpaired) electrons. The highest BCUT2D eigenvalue weighted by molar-refractivity contribution is 9.09. The van der Waals surface area contributed by atoms with Crippen LogP contribution in [0, 0.1) is 0 Å². The number of halogens is 1. The summed E-state index contributed by atoms with van der Waals surface area (Å²) in [6, 6.07) is 3.93. The standard InChI is InChI=1S/C8H7BrN2OS/c9-4-3-7-10-11-8(12-7)6-2-1-5-13-6/h1-2,5H,3-4H2. The molecule has 2 heterocycles. The first-order valence-corrected chi connectivity index (χ1v) is 5.82. The predicted octanol–water partition coefficient (Wildman–Crippen LogP) is 2.74. The summed E-state index contributed by atoms with van der Waals surface area (Å²) in [4.78, 5) is 1.02. The molecular formula is C8H7BrN2OS. The molecule has 68 valence electrons. The lowest BCUT2D eigenvalue weighted by Gasteiger charge is -1.86. The fourth-order valence-corrected chi connectivity index (χ4v) is 1.92. The van der Waals surface area contributed by atoms with Crippen LogP contribution < -0.4 is 0 Å². The molecule has 0 aliphatic carbocycles. The van der Waals surface area contributed by atoms with Crippen LogP contribution in [0.25, 0.3) is 10.8 Å². The summed E-state index contributed by atoms with van der Waals surface area (Å²) in [7, 11) is 0. The van der Waals surface area contributed by atoms with Gasteiger partial charge in [0.05, 0.1) is 4.88 Å². The van der Waals surface area contributed by atoms with E-state index in [-0.39, 0.29) is 0 Å². The largest absolute Gasteiger partial charge is 0.420 e. The van der Waals surface area contributed by atoms with E-state index in [0.717, 1.165) is 16.6 Å². The van der Waals surface area contributed by atoms with Crippen molar-refractivity contribution in [1.29, 1.82) is 0 Å². The first-order chi connectivity index (χ1) is 6.40. The summed E-state index contributed by atoms with van der Waals surface area (Å²) in [5.41, 5.74) is 0. The van der Waals surface area contributed by atoms with Crippen LogP contribution in [0.1, 0.15) is 5.89 Å². The third-order valence-electron chi connectivity index (χ3n) is 1.51. The van der Waals surface area contributed by atoms with Gasteiger partial charge in [0.2, 0.25) is 5.89 Å². The molecule has 0 bridgehead atoms. The second-order valence-electron chi connectivity index (χ2n) is 2.42. The minimum absolute atomic E-state index is 0.617. The summed E-state index contributed by atoms with van der Waals surface area (Å²) in [5.74, 6) is 1.30. The summed E-state index contributed by atoms with van der Waals surface area (Å²) in [6.45, 7) is 0. The molecule has 3 nitrogen and oxygen atoms in total. The van der Waals surface area contributed by atoms with Gasteiger partial charge in [0, 0.05) is 11.8 Å². The third-order valence-corrected chi connectivity index (χ3v) is 2.76. The fraction of sp³-hybridized carbons (Fsp3) is 0.250. The van der Waals surface area contributed by atoms with Crippen LogP contribution in [-0.4, -0.2) is 15.5 Å². The minimum atomic E-state index is 0.617. The highest BCUT2D eigenvalue weighted by Crippen LogP contribution is 2.22. The second kappa shape index (κ2) is 4.02. The zero-order chi connectivity index (χ0) is 9.10. The van der Waals surface area contributed by atoms with Crippen LogP contribution in [0.5, 0.6) is 0 Å². The van der Waals surface area contributed by atoms with E-state index in [4.69, 9.17) is 4.42 Å². The van der Waals surface area contributed by atoms with Gasteiger partial charge in [0.15, 0.2) is 0 Å². The first kappa shape index (κ1) is 8.90. The lowest BCUT2D eigenvalue weighted by Crippen LogP contribution is -1.83. The Morgan fingerprint density at radius 1 is 1.46 bits per heavy atom. The Morgan fingerprint density at radius 3 is 3.08 bits per heavy atom. The third kappa shape index (κ3) is 1.97. The van der Waals surface area contributed by atoms with Crippen molar-refractivity contribution in [3.8, 4) is 10.8 Å². The second-order valence-corrected chi connectivity index (χ2v) is 4.16. The Morgan fingerprint density at radius 2 is 2.38 bits per heavy atom. The first-order valence-electron chi connectivity index (χ1n) is 3.82. The van der Waals surface area contributed by atoms with E-state index < -0.39 is 0 Å². The highest BCUT2D eigenvalue weighted by Gasteiger charge is 2.07. The maximum Gasteiger partial charge on any atom is 0.257 e. The molecule has 0 aromatic carbocycles. The Kier molecular flexibility index (Phi) is 2.75. The molecular weight excluding hydrogens is 252 g/mol. The van der Waals surface area contributed by atoms with Crippen molar-refractivity contribution in [3.05, 3.63) is 23.4 Å². The number of hydrogen-bond acceptors (Lipinski definition) is 4. The molecule has 0 atom stereocenters. The quantitative estimate of drug-likeness (QED) is 0.795.